The molecule has 0 aromatic heterocycles. The molecule has 0 spiro atoms. The fourth-order valence-electron chi connectivity index (χ4n) is 9.51. The second kappa shape index (κ2) is 69.3. The normalized spacial score (nSPS) is 12.9. The van der Waals surface area contributed by atoms with Crippen molar-refractivity contribution in [1.82, 2.24) is 0 Å². The maximum Gasteiger partial charge on any atom is 0.306 e. The molecule has 0 heterocycles. The Morgan fingerprint density at radius 3 is 0.756 bits per heavy atom. The summed E-state index contributed by atoms with van der Waals surface area (Å²) in [7, 11) is 0. The Labute approximate surface area is 507 Å². The summed E-state index contributed by atoms with van der Waals surface area (Å²) in [5.41, 5.74) is 0. The molecule has 1 atom stereocenters. The SMILES string of the molecule is CC/C=C\C/C=C\C/C=C\C/C=C\C/C=C\C/C=C\C/C=C\C/C=C\CCCCCCCCCCCCC(=O)OCC(COC(=O)CCCCCCC/C=C\CCCCCCC)OC(=O)CCCCCCC/C=C\CCCCCCCC. The monoisotopic (exact) mass is 1140 g/mol. The van der Waals surface area contributed by atoms with Gasteiger partial charge in [-0.15, -0.1) is 0 Å². The maximum atomic E-state index is 12.9. The zero-order chi connectivity index (χ0) is 59.2. The molecule has 0 aromatic carbocycles. The molecular weight excluding hydrogens is 1010 g/mol. The van der Waals surface area contributed by atoms with E-state index in [4.69, 9.17) is 14.2 Å². The number of hydrogen-bond acceptors (Lipinski definition) is 6. The third-order valence-corrected chi connectivity index (χ3v) is 14.7. The molecule has 82 heavy (non-hydrogen) atoms. The number of carbonyl (C=O) groups is 3. The summed E-state index contributed by atoms with van der Waals surface area (Å²) < 4.78 is 16.9. The van der Waals surface area contributed by atoms with Crippen molar-refractivity contribution in [3.8, 4) is 0 Å². The van der Waals surface area contributed by atoms with Gasteiger partial charge in [0.2, 0.25) is 0 Å². The van der Waals surface area contributed by atoms with E-state index >= 15 is 0 Å². The number of esters is 3. The van der Waals surface area contributed by atoms with Gasteiger partial charge in [-0.3, -0.25) is 14.4 Å². The standard InChI is InChI=1S/C76H128O6/c1-4-7-10-13-16-19-22-25-28-29-30-31-32-33-34-35-36-37-38-39-40-41-42-43-44-45-46-47-49-51-54-57-60-63-66-69-75(78)81-72-73(71-80-74(77)68-65-62-59-56-53-50-27-24-21-18-15-12-9-6-3)82-76(79)70-67-64-61-58-55-52-48-26-23-20-17-14-11-8-5-2/h7,10,16,19,24-28,30-31,33-34,36-37,39-40,42-43,48,73H,4-6,8-9,11-15,17-18,20-23,29,32,35,38,41,44-47,49-72H2,1-3H3/b10-7-,19-16-,27-24-,28-25-,31-30-,34-33-,37-36-,40-39-,43-42-,48-26-. The quantitative estimate of drug-likeness (QED) is 0.0261. The van der Waals surface area contributed by atoms with Gasteiger partial charge in [-0.25, -0.2) is 0 Å². The molecule has 0 aliphatic heterocycles. The van der Waals surface area contributed by atoms with Crippen LogP contribution >= 0.6 is 0 Å². The highest BCUT2D eigenvalue weighted by atomic mass is 16.6. The topological polar surface area (TPSA) is 78.9 Å². The fraction of sp³-hybridized carbons (Fsp3) is 0.697. The minimum absolute atomic E-state index is 0.0858. The number of rotatable bonds is 62. The number of ether oxygens (including phenoxy) is 3. The first-order valence-corrected chi connectivity index (χ1v) is 34.5. The van der Waals surface area contributed by atoms with Crippen LogP contribution in [0.3, 0.4) is 0 Å². The van der Waals surface area contributed by atoms with Crippen LogP contribution < -0.4 is 0 Å². The van der Waals surface area contributed by atoms with Crippen LogP contribution in [0.4, 0.5) is 0 Å². The average Bonchev–Trinajstić information content (AvgIpc) is 3.48. The van der Waals surface area contributed by atoms with Gasteiger partial charge in [0.05, 0.1) is 0 Å². The summed E-state index contributed by atoms with van der Waals surface area (Å²) in [6, 6.07) is 0. The smallest absolute Gasteiger partial charge is 0.306 e. The second-order valence-electron chi connectivity index (χ2n) is 22.7. The first kappa shape index (κ1) is 77.8. The Morgan fingerprint density at radius 1 is 0.256 bits per heavy atom. The molecule has 6 heteroatoms. The minimum Gasteiger partial charge on any atom is -0.462 e. The van der Waals surface area contributed by atoms with Crippen LogP contribution in [-0.2, 0) is 28.6 Å². The molecule has 6 nitrogen and oxygen atoms in total. The van der Waals surface area contributed by atoms with E-state index in [1.807, 2.05) is 0 Å². The highest BCUT2D eigenvalue weighted by Gasteiger charge is 2.19. The van der Waals surface area contributed by atoms with Crippen molar-refractivity contribution >= 4 is 17.9 Å². The Balaban J connectivity index is 4.24. The summed E-state index contributed by atoms with van der Waals surface area (Å²) in [6.07, 6.45) is 96.5. The Morgan fingerprint density at radius 2 is 0.476 bits per heavy atom. The summed E-state index contributed by atoms with van der Waals surface area (Å²) >= 11 is 0. The van der Waals surface area contributed by atoms with Gasteiger partial charge in [0.15, 0.2) is 6.10 Å². The predicted molar refractivity (Wildman–Crippen MR) is 357 cm³/mol. The van der Waals surface area contributed by atoms with Gasteiger partial charge < -0.3 is 14.2 Å². The second-order valence-corrected chi connectivity index (χ2v) is 22.7. The van der Waals surface area contributed by atoms with Crippen molar-refractivity contribution in [3.63, 3.8) is 0 Å². The van der Waals surface area contributed by atoms with Crippen LogP contribution in [0.1, 0.15) is 323 Å². The lowest BCUT2D eigenvalue weighted by molar-refractivity contribution is -0.167. The molecule has 468 valence electrons. The predicted octanol–water partition coefficient (Wildman–Crippen LogP) is 23.9. The molecule has 0 saturated heterocycles. The van der Waals surface area contributed by atoms with Crippen LogP contribution in [0.25, 0.3) is 0 Å². The Kier molecular flexibility index (Phi) is 65.8. The van der Waals surface area contributed by atoms with Crippen molar-refractivity contribution in [3.05, 3.63) is 122 Å². The molecule has 0 fully saturated rings. The van der Waals surface area contributed by atoms with Crippen LogP contribution in [-0.4, -0.2) is 37.2 Å². The van der Waals surface area contributed by atoms with Crippen LogP contribution in [0.15, 0.2) is 122 Å². The van der Waals surface area contributed by atoms with Crippen molar-refractivity contribution in [2.24, 2.45) is 0 Å². The molecular formula is C76H128O6. The first-order valence-electron chi connectivity index (χ1n) is 34.5. The zero-order valence-electron chi connectivity index (χ0n) is 53.7. The van der Waals surface area contributed by atoms with Gasteiger partial charge in [0.1, 0.15) is 13.2 Å². The van der Waals surface area contributed by atoms with Crippen molar-refractivity contribution in [2.45, 2.75) is 329 Å². The lowest BCUT2D eigenvalue weighted by Gasteiger charge is -2.18. The largest absolute Gasteiger partial charge is 0.462 e. The Bertz CT molecular complexity index is 1690. The molecule has 0 aromatic rings. The minimum atomic E-state index is -0.789. The van der Waals surface area contributed by atoms with Crippen LogP contribution in [0.2, 0.25) is 0 Å². The lowest BCUT2D eigenvalue weighted by atomic mass is 10.1. The van der Waals surface area contributed by atoms with E-state index in [0.717, 1.165) is 128 Å². The van der Waals surface area contributed by atoms with Crippen LogP contribution in [0.5, 0.6) is 0 Å². The van der Waals surface area contributed by atoms with Crippen molar-refractivity contribution in [2.75, 3.05) is 13.2 Å². The van der Waals surface area contributed by atoms with E-state index in [9.17, 15) is 14.4 Å². The van der Waals surface area contributed by atoms with E-state index in [1.54, 1.807) is 0 Å². The van der Waals surface area contributed by atoms with Crippen molar-refractivity contribution < 1.29 is 28.6 Å². The maximum absolute atomic E-state index is 12.9. The number of carbonyl (C=O) groups excluding carboxylic acids is 3. The van der Waals surface area contributed by atoms with Crippen LogP contribution in [0, 0.1) is 0 Å². The molecule has 0 radical (unpaired) electrons. The van der Waals surface area contributed by atoms with Crippen molar-refractivity contribution in [1.29, 1.82) is 0 Å². The lowest BCUT2D eigenvalue weighted by Crippen LogP contribution is -2.30. The van der Waals surface area contributed by atoms with Gasteiger partial charge >= 0.3 is 17.9 Å². The summed E-state index contributed by atoms with van der Waals surface area (Å²) in [5, 5.41) is 0. The van der Waals surface area contributed by atoms with E-state index in [2.05, 4.69) is 142 Å². The third-order valence-electron chi connectivity index (χ3n) is 14.7. The molecule has 0 amide bonds. The molecule has 0 rings (SSSR count). The highest BCUT2D eigenvalue weighted by Crippen LogP contribution is 2.16. The number of unbranched alkanes of at least 4 members (excludes halogenated alkanes) is 31. The number of allylic oxidation sites excluding steroid dienone is 20. The van der Waals surface area contributed by atoms with Gasteiger partial charge in [0, 0.05) is 19.3 Å². The molecule has 0 N–H and O–H groups in total. The van der Waals surface area contributed by atoms with E-state index in [-0.39, 0.29) is 31.1 Å². The average molecular weight is 1140 g/mol. The molecule has 0 aliphatic rings. The Hall–Kier alpha value is -4.19. The van der Waals surface area contributed by atoms with E-state index in [1.165, 1.54) is 154 Å². The van der Waals surface area contributed by atoms with Gasteiger partial charge in [-0.2, -0.15) is 0 Å². The van der Waals surface area contributed by atoms with E-state index < -0.39 is 6.10 Å². The fourth-order valence-corrected chi connectivity index (χ4v) is 9.51. The van der Waals surface area contributed by atoms with Gasteiger partial charge in [-0.05, 0) is 135 Å². The summed E-state index contributed by atoms with van der Waals surface area (Å²) in [6.45, 7) is 6.51. The summed E-state index contributed by atoms with van der Waals surface area (Å²) in [5.74, 6) is -0.898. The zero-order valence-corrected chi connectivity index (χ0v) is 53.7. The highest BCUT2D eigenvalue weighted by molar-refractivity contribution is 5.71. The molecule has 0 aliphatic carbocycles. The molecule has 0 bridgehead atoms. The van der Waals surface area contributed by atoms with E-state index in [0.29, 0.717) is 19.3 Å². The first-order chi connectivity index (χ1) is 40.5. The molecule has 0 saturated carbocycles. The number of hydrogen-bond donors (Lipinski definition) is 0. The third kappa shape index (κ3) is 66.6. The van der Waals surface area contributed by atoms with Gasteiger partial charge in [-0.1, -0.05) is 290 Å². The summed E-state index contributed by atoms with van der Waals surface area (Å²) in [4.78, 5) is 38.3. The molecule has 1 unspecified atom stereocenters. The van der Waals surface area contributed by atoms with Gasteiger partial charge in [0.25, 0.3) is 0 Å².